The van der Waals surface area contributed by atoms with E-state index in [1.54, 1.807) is 13.0 Å². The van der Waals surface area contributed by atoms with Crippen LogP contribution in [-0.2, 0) is 13.0 Å². The van der Waals surface area contributed by atoms with Gasteiger partial charge < -0.3 is 4.98 Å². The fraction of sp³-hybridized carbons (Fsp3) is 0.429. The Kier molecular flexibility index (Phi) is 3.01. The molecule has 1 atom stereocenters. The van der Waals surface area contributed by atoms with Crippen LogP contribution in [0.15, 0.2) is 18.2 Å². The highest BCUT2D eigenvalue weighted by atomic mass is 19.4. The number of rotatable bonds is 1. The fourth-order valence-corrected chi connectivity index (χ4v) is 2.87. The van der Waals surface area contributed by atoms with E-state index < -0.39 is 12.7 Å². The zero-order valence-electron chi connectivity index (χ0n) is 10.9. The Labute approximate surface area is 113 Å². The van der Waals surface area contributed by atoms with Crippen LogP contribution in [0.5, 0.6) is 0 Å². The van der Waals surface area contributed by atoms with E-state index in [1.807, 2.05) is 0 Å². The number of hydrogen-bond donors (Lipinski definition) is 1. The summed E-state index contributed by atoms with van der Waals surface area (Å²) in [7, 11) is 0. The Morgan fingerprint density at radius 3 is 2.80 bits per heavy atom. The molecule has 0 saturated heterocycles. The molecule has 0 amide bonds. The van der Waals surface area contributed by atoms with E-state index in [4.69, 9.17) is 0 Å². The van der Waals surface area contributed by atoms with Crippen molar-refractivity contribution < 1.29 is 17.6 Å². The van der Waals surface area contributed by atoms with Gasteiger partial charge in [-0.3, -0.25) is 4.90 Å². The molecule has 0 bridgehead atoms. The van der Waals surface area contributed by atoms with E-state index in [1.165, 1.54) is 17.0 Å². The van der Waals surface area contributed by atoms with Gasteiger partial charge in [-0.2, -0.15) is 13.2 Å². The molecule has 1 aromatic carbocycles. The molecule has 0 saturated carbocycles. The van der Waals surface area contributed by atoms with Crippen molar-refractivity contribution in [3.05, 3.63) is 35.3 Å². The summed E-state index contributed by atoms with van der Waals surface area (Å²) in [6.07, 6.45) is -3.71. The molecular formula is C14H14F4N2. The standard InChI is InChI=1S/C14H14F4N2/c1-8-4-10-11-5-9(15)2-3-12(11)19-13(10)6-20(8)7-14(16,17)18/h2-3,5,8,19H,4,6-7H2,1H3/t8-/m0/s1. The lowest BCUT2D eigenvalue weighted by Crippen LogP contribution is -2.43. The lowest BCUT2D eigenvalue weighted by Gasteiger charge is -2.33. The molecule has 6 heteroatoms. The summed E-state index contributed by atoms with van der Waals surface area (Å²) in [6, 6.07) is 4.20. The maximum atomic E-state index is 13.3. The van der Waals surface area contributed by atoms with Gasteiger partial charge in [-0.25, -0.2) is 4.39 Å². The van der Waals surface area contributed by atoms with Crippen molar-refractivity contribution in [2.24, 2.45) is 0 Å². The number of H-pyrrole nitrogens is 1. The molecule has 20 heavy (non-hydrogen) atoms. The van der Waals surface area contributed by atoms with Crippen LogP contribution in [0, 0.1) is 5.82 Å². The Bertz CT molecular complexity index is 644. The van der Waals surface area contributed by atoms with Gasteiger partial charge in [0.2, 0.25) is 0 Å². The first-order chi connectivity index (χ1) is 9.33. The van der Waals surface area contributed by atoms with Gasteiger partial charge in [-0.15, -0.1) is 0 Å². The van der Waals surface area contributed by atoms with E-state index in [0.717, 1.165) is 22.2 Å². The predicted octanol–water partition coefficient (Wildman–Crippen LogP) is 3.62. The van der Waals surface area contributed by atoms with Crippen LogP contribution in [-0.4, -0.2) is 28.6 Å². The number of aromatic amines is 1. The Morgan fingerprint density at radius 2 is 2.10 bits per heavy atom. The minimum Gasteiger partial charge on any atom is -0.357 e. The second-order valence-electron chi connectivity index (χ2n) is 5.35. The molecule has 2 aromatic rings. The number of halogens is 4. The molecule has 0 radical (unpaired) electrons. The molecule has 1 aliphatic rings. The quantitative estimate of drug-likeness (QED) is 0.793. The van der Waals surface area contributed by atoms with E-state index >= 15 is 0 Å². The number of nitrogens with zero attached hydrogens (tertiary/aromatic N) is 1. The van der Waals surface area contributed by atoms with Crippen LogP contribution in [0.4, 0.5) is 17.6 Å². The van der Waals surface area contributed by atoms with Gasteiger partial charge >= 0.3 is 6.18 Å². The zero-order valence-corrected chi connectivity index (χ0v) is 10.9. The highest BCUT2D eigenvalue weighted by molar-refractivity contribution is 5.85. The van der Waals surface area contributed by atoms with Crippen LogP contribution >= 0.6 is 0 Å². The minimum absolute atomic E-state index is 0.215. The lowest BCUT2D eigenvalue weighted by molar-refractivity contribution is -0.152. The Hall–Kier alpha value is -1.56. The Balaban J connectivity index is 1.97. The first-order valence-electron chi connectivity index (χ1n) is 6.43. The average Bonchev–Trinajstić information content (AvgIpc) is 2.65. The van der Waals surface area contributed by atoms with Gasteiger partial charge in [0.25, 0.3) is 0 Å². The number of benzene rings is 1. The number of aromatic nitrogens is 1. The van der Waals surface area contributed by atoms with Gasteiger partial charge in [0.1, 0.15) is 5.82 Å². The minimum atomic E-state index is -4.20. The highest BCUT2D eigenvalue weighted by Gasteiger charge is 2.35. The molecule has 0 spiro atoms. The summed E-state index contributed by atoms with van der Waals surface area (Å²) in [5, 5.41) is 0.776. The third kappa shape index (κ3) is 2.40. The van der Waals surface area contributed by atoms with Crippen molar-refractivity contribution in [2.75, 3.05) is 6.54 Å². The largest absolute Gasteiger partial charge is 0.401 e. The second-order valence-corrected chi connectivity index (χ2v) is 5.35. The van der Waals surface area contributed by atoms with Gasteiger partial charge in [-0.05, 0) is 37.1 Å². The molecule has 2 nitrogen and oxygen atoms in total. The van der Waals surface area contributed by atoms with E-state index in [9.17, 15) is 17.6 Å². The summed E-state index contributed by atoms with van der Waals surface area (Å²) in [5.74, 6) is -0.329. The molecule has 108 valence electrons. The second kappa shape index (κ2) is 4.48. The maximum Gasteiger partial charge on any atom is 0.401 e. The first kappa shape index (κ1) is 13.4. The van der Waals surface area contributed by atoms with Crippen molar-refractivity contribution in [2.45, 2.75) is 32.1 Å². The smallest absolute Gasteiger partial charge is 0.357 e. The summed E-state index contributed by atoms with van der Waals surface area (Å²) < 4.78 is 50.9. The molecule has 1 aliphatic heterocycles. The third-order valence-electron chi connectivity index (χ3n) is 3.82. The molecular weight excluding hydrogens is 272 g/mol. The molecule has 0 fully saturated rings. The fourth-order valence-electron chi connectivity index (χ4n) is 2.87. The van der Waals surface area contributed by atoms with Crippen molar-refractivity contribution >= 4 is 10.9 Å². The number of fused-ring (bicyclic) bond motifs is 3. The lowest BCUT2D eigenvalue weighted by atomic mass is 9.97. The predicted molar refractivity (Wildman–Crippen MR) is 67.9 cm³/mol. The van der Waals surface area contributed by atoms with Crippen LogP contribution in [0.25, 0.3) is 10.9 Å². The number of hydrogen-bond acceptors (Lipinski definition) is 1. The molecule has 3 rings (SSSR count). The number of alkyl halides is 3. The van der Waals surface area contributed by atoms with Crippen molar-refractivity contribution in [3.8, 4) is 0 Å². The van der Waals surface area contributed by atoms with Crippen LogP contribution in [0.2, 0.25) is 0 Å². The van der Waals surface area contributed by atoms with Crippen molar-refractivity contribution in [1.29, 1.82) is 0 Å². The van der Waals surface area contributed by atoms with Gasteiger partial charge in [0.05, 0.1) is 6.54 Å². The third-order valence-corrected chi connectivity index (χ3v) is 3.82. The van der Waals surface area contributed by atoms with Crippen molar-refractivity contribution in [3.63, 3.8) is 0 Å². The Morgan fingerprint density at radius 1 is 1.35 bits per heavy atom. The van der Waals surface area contributed by atoms with Crippen molar-refractivity contribution in [1.82, 2.24) is 9.88 Å². The average molecular weight is 286 g/mol. The van der Waals surface area contributed by atoms with Crippen LogP contribution in [0.3, 0.4) is 0 Å². The molecule has 1 aromatic heterocycles. The van der Waals surface area contributed by atoms with Crippen LogP contribution < -0.4 is 0 Å². The van der Waals surface area contributed by atoms with E-state index in [2.05, 4.69) is 4.98 Å². The zero-order chi connectivity index (χ0) is 14.5. The molecule has 0 unspecified atom stereocenters. The maximum absolute atomic E-state index is 13.3. The van der Waals surface area contributed by atoms with Gasteiger partial charge in [0, 0.05) is 29.2 Å². The van der Waals surface area contributed by atoms with Gasteiger partial charge in [0.15, 0.2) is 0 Å². The normalized spacial score (nSPS) is 20.4. The summed E-state index contributed by atoms with van der Waals surface area (Å²) >= 11 is 0. The molecule has 1 N–H and O–H groups in total. The summed E-state index contributed by atoms with van der Waals surface area (Å²) in [5.41, 5.74) is 2.47. The SMILES string of the molecule is C[C@H]1Cc2c([nH]c3ccc(F)cc23)CN1CC(F)(F)F. The topological polar surface area (TPSA) is 19.0 Å². The van der Waals surface area contributed by atoms with E-state index in [-0.39, 0.29) is 18.4 Å². The summed E-state index contributed by atoms with van der Waals surface area (Å²) in [6.45, 7) is 1.07. The summed E-state index contributed by atoms with van der Waals surface area (Å²) in [4.78, 5) is 4.50. The number of nitrogens with one attached hydrogen (secondary N) is 1. The van der Waals surface area contributed by atoms with Crippen LogP contribution in [0.1, 0.15) is 18.2 Å². The molecule has 0 aliphatic carbocycles. The molecule has 2 heterocycles. The monoisotopic (exact) mass is 286 g/mol. The first-order valence-corrected chi connectivity index (χ1v) is 6.43. The highest BCUT2D eigenvalue weighted by Crippen LogP contribution is 2.32. The van der Waals surface area contributed by atoms with Gasteiger partial charge in [-0.1, -0.05) is 0 Å². The van der Waals surface area contributed by atoms with E-state index in [0.29, 0.717) is 6.42 Å².